The molecule has 2 aromatic rings. The number of anilines is 1. The summed E-state index contributed by atoms with van der Waals surface area (Å²) in [6.45, 7) is 2.71. The lowest BCUT2D eigenvalue weighted by Crippen LogP contribution is -2.12. The van der Waals surface area contributed by atoms with Gasteiger partial charge in [-0.25, -0.2) is 0 Å². The van der Waals surface area contributed by atoms with Gasteiger partial charge in [-0.15, -0.1) is 0 Å². The van der Waals surface area contributed by atoms with E-state index in [4.69, 9.17) is 5.73 Å². The molecular weight excluding hydrogens is 248 g/mol. The molecule has 0 aliphatic heterocycles. The molecule has 3 nitrogen and oxygen atoms in total. The largest absolute Gasteiger partial charge is 0.330 e. The molecule has 3 N–H and O–H groups in total. The molecule has 0 saturated carbocycles. The molecule has 0 fully saturated rings. The number of amides is 1. The first-order chi connectivity index (χ1) is 9.72. The van der Waals surface area contributed by atoms with Crippen LogP contribution in [0.1, 0.15) is 28.4 Å². The van der Waals surface area contributed by atoms with E-state index in [9.17, 15) is 4.79 Å². The molecule has 0 heterocycles. The minimum atomic E-state index is -0.0856. The van der Waals surface area contributed by atoms with Crippen molar-refractivity contribution < 1.29 is 4.79 Å². The molecule has 0 aliphatic rings. The zero-order valence-electron chi connectivity index (χ0n) is 11.7. The van der Waals surface area contributed by atoms with Crippen LogP contribution in [-0.2, 0) is 12.8 Å². The second kappa shape index (κ2) is 6.87. The average Bonchev–Trinajstić information content (AvgIpc) is 2.48. The average molecular weight is 268 g/mol. The van der Waals surface area contributed by atoms with Crippen molar-refractivity contribution in [1.29, 1.82) is 0 Å². The summed E-state index contributed by atoms with van der Waals surface area (Å²) in [6, 6.07) is 15.5. The normalized spacial score (nSPS) is 10.3. The Morgan fingerprint density at radius 1 is 1.10 bits per heavy atom. The Morgan fingerprint density at radius 3 is 2.50 bits per heavy atom. The molecule has 3 heteroatoms. The van der Waals surface area contributed by atoms with Gasteiger partial charge in [-0.1, -0.05) is 31.2 Å². The number of aryl methyl sites for hydroxylation is 1. The number of rotatable bonds is 5. The van der Waals surface area contributed by atoms with Crippen molar-refractivity contribution in [2.24, 2.45) is 5.73 Å². The van der Waals surface area contributed by atoms with Crippen molar-refractivity contribution in [3.05, 3.63) is 65.2 Å². The van der Waals surface area contributed by atoms with E-state index in [0.29, 0.717) is 12.1 Å². The van der Waals surface area contributed by atoms with E-state index >= 15 is 0 Å². The topological polar surface area (TPSA) is 55.1 Å². The molecule has 2 aromatic carbocycles. The number of carbonyl (C=O) groups is 1. The van der Waals surface area contributed by atoms with E-state index in [1.54, 1.807) is 0 Å². The van der Waals surface area contributed by atoms with Crippen molar-refractivity contribution in [3.8, 4) is 0 Å². The molecule has 0 spiro atoms. The number of carbonyl (C=O) groups excluding carboxylic acids is 1. The third-order valence-corrected chi connectivity index (χ3v) is 3.24. The summed E-state index contributed by atoms with van der Waals surface area (Å²) in [6.07, 6.45) is 1.79. The highest BCUT2D eigenvalue weighted by atomic mass is 16.1. The molecule has 2 rings (SSSR count). The molecule has 0 bridgehead atoms. The van der Waals surface area contributed by atoms with E-state index in [2.05, 4.69) is 18.3 Å². The summed E-state index contributed by atoms with van der Waals surface area (Å²) in [5, 5.41) is 2.92. The molecule has 0 atom stereocenters. The van der Waals surface area contributed by atoms with Gasteiger partial charge in [0.25, 0.3) is 5.91 Å². The van der Waals surface area contributed by atoms with Crippen LogP contribution >= 0.6 is 0 Å². The zero-order chi connectivity index (χ0) is 14.4. The quantitative estimate of drug-likeness (QED) is 0.875. The molecule has 0 saturated heterocycles. The van der Waals surface area contributed by atoms with E-state index in [1.165, 1.54) is 5.56 Å². The van der Waals surface area contributed by atoms with Crippen LogP contribution in [0.15, 0.2) is 48.5 Å². The van der Waals surface area contributed by atoms with Crippen LogP contribution in [0.3, 0.4) is 0 Å². The fourth-order valence-corrected chi connectivity index (χ4v) is 2.06. The Kier molecular flexibility index (Phi) is 4.91. The van der Waals surface area contributed by atoms with Gasteiger partial charge in [0.1, 0.15) is 0 Å². The number of hydrogen-bond acceptors (Lipinski definition) is 2. The minimum absolute atomic E-state index is 0.0856. The Balaban J connectivity index is 2.07. The summed E-state index contributed by atoms with van der Waals surface area (Å²) in [5.41, 5.74) is 9.36. The van der Waals surface area contributed by atoms with Crippen LogP contribution in [0.5, 0.6) is 0 Å². The first-order valence-electron chi connectivity index (χ1n) is 6.92. The molecule has 1 amide bonds. The third-order valence-electron chi connectivity index (χ3n) is 3.24. The lowest BCUT2D eigenvalue weighted by atomic mass is 10.1. The van der Waals surface area contributed by atoms with Crippen LogP contribution in [0.2, 0.25) is 0 Å². The van der Waals surface area contributed by atoms with Gasteiger partial charge in [0, 0.05) is 11.3 Å². The number of nitrogens with two attached hydrogens (primary N) is 1. The van der Waals surface area contributed by atoms with E-state index in [1.807, 2.05) is 42.5 Å². The second-order valence-corrected chi connectivity index (χ2v) is 4.74. The lowest BCUT2D eigenvalue weighted by Gasteiger charge is -2.07. The summed E-state index contributed by atoms with van der Waals surface area (Å²) in [4.78, 5) is 12.1. The molecule has 104 valence electrons. The van der Waals surface area contributed by atoms with Gasteiger partial charge in [0.05, 0.1) is 0 Å². The third kappa shape index (κ3) is 3.68. The summed E-state index contributed by atoms with van der Waals surface area (Å²) >= 11 is 0. The Bertz CT molecular complexity index is 576. The van der Waals surface area contributed by atoms with Crippen molar-refractivity contribution in [1.82, 2.24) is 0 Å². The molecule has 0 aromatic heterocycles. The van der Waals surface area contributed by atoms with E-state index < -0.39 is 0 Å². The fourth-order valence-electron chi connectivity index (χ4n) is 2.06. The zero-order valence-corrected chi connectivity index (χ0v) is 11.7. The highest BCUT2D eigenvalue weighted by Gasteiger charge is 2.06. The van der Waals surface area contributed by atoms with E-state index in [0.717, 1.165) is 24.1 Å². The SMILES string of the molecule is CCc1cccc(NC(=O)c2ccc(CCN)cc2)c1. The Morgan fingerprint density at radius 2 is 1.85 bits per heavy atom. The number of nitrogens with one attached hydrogen (secondary N) is 1. The Hall–Kier alpha value is -2.13. The predicted molar refractivity (Wildman–Crippen MR) is 83.0 cm³/mol. The van der Waals surface area contributed by atoms with Gasteiger partial charge in [0.2, 0.25) is 0 Å². The standard InChI is InChI=1S/C17H20N2O/c1-2-13-4-3-5-16(12-13)19-17(20)15-8-6-14(7-9-15)10-11-18/h3-9,12H,2,10-11,18H2,1H3,(H,19,20). The fraction of sp³-hybridized carbons (Fsp3) is 0.235. The summed E-state index contributed by atoms with van der Waals surface area (Å²) in [5.74, 6) is -0.0856. The number of benzene rings is 2. The lowest BCUT2D eigenvalue weighted by molar-refractivity contribution is 0.102. The summed E-state index contributed by atoms with van der Waals surface area (Å²) in [7, 11) is 0. The van der Waals surface area contributed by atoms with Gasteiger partial charge in [0.15, 0.2) is 0 Å². The van der Waals surface area contributed by atoms with Gasteiger partial charge >= 0.3 is 0 Å². The van der Waals surface area contributed by atoms with Gasteiger partial charge in [-0.05, 0) is 54.8 Å². The monoisotopic (exact) mass is 268 g/mol. The first kappa shape index (κ1) is 14.3. The van der Waals surface area contributed by atoms with Crippen LogP contribution < -0.4 is 11.1 Å². The van der Waals surface area contributed by atoms with Crippen molar-refractivity contribution >= 4 is 11.6 Å². The smallest absolute Gasteiger partial charge is 0.255 e. The van der Waals surface area contributed by atoms with Crippen molar-refractivity contribution in [2.45, 2.75) is 19.8 Å². The second-order valence-electron chi connectivity index (χ2n) is 4.74. The van der Waals surface area contributed by atoms with Crippen LogP contribution in [0.25, 0.3) is 0 Å². The van der Waals surface area contributed by atoms with Gasteiger partial charge < -0.3 is 11.1 Å². The van der Waals surface area contributed by atoms with Gasteiger partial charge in [-0.3, -0.25) is 4.79 Å². The maximum Gasteiger partial charge on any atom is 0.255 e. The minimum Gasteiger partial charge on any atom is -0.330 e. The Labute approximate surface area is 119 Å². The summed E-state index contributed by atoms with van der Waals surface area (Å²) < 4.78 is 0. The highest BCUT2D eigenvalue weighted by molar-refractivity contribution is 6.04. The molecule has 20 heavy (non-hydrogen) atoms. The van der Waals surface area contributed by atoms with E-state index in [-0.39, 0.29) is 5.91 Å². The molecular formula is C17H20N2O. The maximum absolute atomic E-state index is 12.1. The van der Waals surface area contributed by atoms with Crippen LogP contribution in [0.4, 0.5) is 5.69 Å². The maximum atomic E-state index is 12.1. The van der Waals surface area contributed by atoms with Gasteiger partial charge in [-0.2, -0.15) is 0 Å². The van der Waals surface area contributed by atoms with Crippen LogP contribution in [-0.4, -0.2) is 12.5 Å². The molecule has 0 aliphatic carbocycles. The van der Waals surface area contributed by atoms with Crippen molar-refractivity contribution in [3.63, 3.8) is 0 Å². The first-order valence-corrected chi connectivity index (χ1v) is 6.92. The number of hydrogen-bond donors (Lipinski definition) is 2. The van der Waals surface area contributed by atoms with Crippen LogP contribution in [0, 0.1) is 0 Å². The predicted octanol–water partition coefficient (Wildman–Crippen LogP) is 3.00. The molecule has 0 radical (unpaired) electrons. The van der Waals surface area contributed by atoms with Crippen molar-refractivity contribution in [2.75, 3.05) is 11.9 Å². The highest BCUT2D eigenvalue weighted by Crippen LogP contribution is 2.13. The molecule has 0 unspecified atom stereocenters.